The third-order valence-electron chi connectivity index (χ3n) is 2.04. The number of hydrogen-bond donors (Lipinski definition) is 0. The number of benzene rings is 1. The molecule has 0 unspecified atom stereocenters. The lowest BCUT2D eigenvalue weighted by atomic mass is 9.99. The second-order valence-electron chi connectivity index (χ2n) is 3.19. The van der Waals surface area contributed by atoms with E-state index in [2.05, 4.69) is 11.3 Å². The fourth-order valence-corrected chi connectivity index (χ4v) is 1.28. The van der Waals surface area contributed by atoms with E-state index >= 15 is 0 Å². The molecule has 0 heterocycles. The molecule has 3 heteroatoms. The van der Waals surface area contributed by atoms with Gasteiger partial charge in [0.05, 0.1) is 12.7 Å². The van der Waals surface area contributed by atoms with Crippen LogP contribution in [-0.2, 0) is 4.74 Å². The predicted molar refractivity (Wildman–Crippen MR) is 57.9 cm³/mol. The van der Waals surface area contributed by atoms with Crippen molar-refractivity contribution < 1.29 is 14.3 Å². The van der Waals surface area contributed by atoms with Gasteiger partial charge in [-0.25, -0.2) is 4.79 Å². The minimum Gasteiger partial charge on any atom is -0.465 e. The van der Waals surface area contributed by atoms with Gasteiger partial charge in [0, 0.05) is 5.56 Å². The lowest BCUT2D eigenvalue weighted by molar-refractivity contribution is 0.0600. The predicted octanol–water partition coefficient (Wildman–Crippen LogP) is 2.32. The number of aldehydes is 1. The molecular formula is C12H12O3. The minimum atomic E-state index is -0.426. The maximum absolute atomic E-state index is 11.4. The molecule has 0 spiro atoms. The molecule has 0 aliphatic carbocycles. The first-order chi connectivity index (χ1) is 7.10. The van der Waals surface area contributed by atoms with Crippen molar-refractivity contribution in [1.82, 2.24) is 0 Å². The van der Waals surface area contributed by atoms with Gasteiger partial charge in [-0.05, 0) is 24.6 Å². The molecule has 0 N–H and O–H groups in total. The quantitative estimate of drug-likeness (QED) is 0.560. The number of ether oxygens (including phenoxy) is 1. The van der Waals surface area contributed by atoms with Gasteiger partial charge in [0.25, 0.3) is 0 Å². The molecular weight excluding hydrogens is 192 g/mol. The summed E-state index contributed by atoms with van der Waals surface area (Å²) in [6, 6.07) is 4.77. The number of rotatable bonds is 3. The lowest BCUT2D eigenvalue weighted by Crippen LogP contribution is -2.05. The van der Waals surface area contributed by atoms with E-state index in [0.717, 1.165) is 11.9 Å². The zero-order valence-electron chi connectivity index (χ0n) is 8.74. The Balaban J connectivity index is 3.33. The van der Waals surface area contributed by atoms with Gasteiger partial charge in [-0.2, -0.15) is 0 Å². The van der Waals surface area contributed by atoms with Crippen molar-refractivity contribution in [1.29, 1.82) is 0 Å². The zero-order valence-corrected chi connectivity index (χ0v) is 8.74. The number of carbonyl (C=O) groups is 2. The van der Waals surface area contributed by atoms with Crippen LogP contribution in [0.5, 0.6) is 0 Å². The summed E-state index contributed by atoms with van der Waals surface area (Å²) in [6.07, 6.45) is 0.730. The van der Waals surface area contributed by atoms with E-state index in [0.29, 0.717) is 16.7 Å². The van der Waals surface area contributed by atoms with Crippen LogP contribution in [0.25, 0.3) is 5.57 Å². The molecule has 1 aromatic rings. The monoisotopic (exact) mass is 204 g/mol. The summed E-state index contributed by atoms with van der Waals surface area (Å²) in [4.78, 5) is 22.0. The third-order valence-corrected chi connectivity index (χ3v) is 2.04. The highest BCUT2D eigenvalue weighted by molar-refractivity contribution is 5.96. The normalized spacial score (nSPS) is 9.47. The molecule has 0 radical (unpaired) electrons. The summed E-state index contributed by atoms with van der Waals surface area (Å²) in [5, 5.41) is 0. The second-order valence-corrected chi connectivity index (χ2v) is 3.19. The maximum Gasteiger partial charge on any atom is 0.338 e. The zero-order chi connectivity index (χ0) is 11.4. The van der Waals surface area contributed by atoms with Gasteiger partial charge in [-0.1, -0.05) is 18.2 Å². The van der Waals surface area contributed by atoms with Crippen LogP contribution in [0.4, 0.5) is 0 Å². The van der Waals surface area contributed by atoms with Crippen molar-refractivity contribution in [2.24, 2.45) is 0 Å². The maximum atomic E-state index is 11.4. The standard InChI is InChI=1S/C12H12O3/c1-8(2)11-6-9(7-13)4-5-10(11)12(14)15-3/h4-7H,1H2,2-3H3. The molecule has 15 heavy (non-hydrogen) atoms. The molecule has 0 atom stereocenters. The van der Waals surface area contributed by atoms with Crippen LogP contribution in [0.2, 0.25) is 0 Å². The summed E-state index contributed by atoms with van der Waals surface area (Å²) in [5.74, 6) is -0.426. The number of allylic oxidation sites excluding steroid dienone is 1. The topological polar surface area (TPSA) is 43.4 Å². The lowest BCUT2D eigenvalue weighted by Gasteiger charge is -2.07. The molecule has 0 fully saturated rings. The molecule has 0 aliphatic rings. The Hall–Kier alpha value is -1.90. The van der Waals surface area contributed by atoms with Gasteiger partial charge in [0.2, 0.25) is 0 Å². The summed E-state index contributed by atoms with van der Waals surface area (Å²) in [7, 11) is 1.32. The van der Waals surface area contributed by atoms with Crippen molar-refractivity contribution in [2.75, 3.05) is 7.11 Å². The number of methoxy groups -OCH3 is 1. The molecule has 0 aromatic heterocycles. The Bertz CT molecular complexity index is 419. The van der Waals surface area contributed by atoms with E-state index in [4.69, 9.17) is 0 Å². The highest BCUT2D eigenvalue weighted by Crippen LogP contribution is 2.19. The molecule has 1 aromatic carbocycles. The molecule has 0 saturated carbocycles. The van der Waals surface area contributed by atoms with Crippen molar-refractivity contribution in [2.45, 2.75) is 6.92 Å². The molecule has 0 amide bonds. The Morgan fingerprint density at radius 3 is 2.53 bits per heavy atom. The Labute approximate surface area is 88.4 Å². The number of hydrogen-bond acceptors (Lipinski definition) is 3. The average molecular weight is 204 g/mol. The van der Waals surface area contributed by atoms with E-state index in [1.807, 2.05) is 0 Å². The third kappa shape index (κ3) is 2.31. The van der Waals surface area contributed by atoms with Crippen LogP contribution in [0.1, 0.15) is 33.2 Å². The average Bonchev–Trinajstić information content (AvgIpc) is 2.27. The largest absolute Gasteiger partial charge is 0.465 e. The first-order valence-corrected chi connectivity index (χ1v) is 4.43. The van der Waals surface area contributed by atoms with E-state index < -0.39 is 5.97 Å². The van der Waals surface area contributed by atoms with Crippen LogP contribution in [0.3, 0.4) is 0 Å². The first kappa shape index (κ1) is 11.2. The van der Waals surface area contributed by atoms with Crippen LogP contribution in [0, 0.1) is 0 Å². The van der Waals surface area contributed by atoms with Crippen molar-refractivity contribution in [3.8, 4) is 0 Å². The molecule has 1 rings (SSSR count). The van der Waals surface area contributed by atoms with Crippen molar-refractivity contribution >= 4 is 17.8 Å². The summed E-state index contributed by atoms with van der Waals surface area (Å²) < 4.78 is 4.63. The van der Waals surface area contributed by atoms with E-state index in [9.17, 15) is 9.59 Å². The number of esters is 1. The highest BCUT2D eigenvalue weighted by Gasteiger charge is 2.12. The van der Waals surface area contributed by atoms with Gasteiger partial charge >= 0.3 is 5.97 Å². The van der Waals surface area contributed by atoms with E-state index in [1.54, 1.807) is 25.1 Å². The van der Waals surface area contributed by atoms with Gasteiger partial charge in [0.1, 0.15) is 6.29 Å². The molecule has 0 bridgehead atoms. The van der Waals surface area contributed by atoms with Gasteiger partial charge in [-0.3, -0.25) is 4.79 Å². The fraction of sp³-hybridized carbons (Fsp3) is 0.167. The Morgan fingerprint density at radius 2 is 2.07 bits per heavy atom. The number of carbonyl (C=O) groups excluding carboxylic acids is 2. The minimum absolute atomic E-state index is 0.426. The fourth-order valence-electron chi connectivity index (χ4n) is 1.28. The van der Waals surface area contributed by atoms with Crippen molar-refractivity contribution in [3.63, 3.8) is 0 Å². The van der Waals surface area contributed by atoms with Gasteiger partial charge in [-0.15, -0.1) is 0 Å². The Morgan fingerprint density at radius 1 is 1.40 bits per heavy atom. The first-order valence-electron chi connectivity index (χ1n) is 4.43. The van der Waals surface area contributed by atoms with Gasteiger partial charge in [0.15, 0.2) is 0 Å². The summed E-state index contributed by atoms with van der Waals surface area (Å²) >= 11 is 0. The van der Waals surface area contributed by atoms with Crippen LogP contribution < -0.4 is 0 Å². The molecule has 3 nitrogen and oxygen atoms in total. The van der Waals surface area contributed by atoms with Crippen molar-refractivity contribution in [3.05, 3.63) is 41.5 Å². The summed E-state index contributed by atoms with van der Waals surface area (Å²) in [5.41, 5.74) is 2.31. The van der Waals surface area contributed by atoms with Crippen LogP contribution >= 0.6 is 0 Å². The second kappa shape index (κ2) is 4.55. The molecule has 0 saturated heterocycles. The highest BCUT2D eigenvalue weighted by atomic mass is 16.5. The molecule has 78 valence electrons. The van der Waals surface area contributed by atoms with Crippen LogP contribution in [0.15, 0.2) is 24.8 Å². The van der Waals surface area contributed by atoms with Crippen LogP contribution in [-0.4, -0.2) is 19.4 Å². The van der Waals surface area contributed by atoms with E-state index in [-0.39, 0.29) is 0 Å². The van der Waals surface area contributed by atoms with E-state index in [1.165, 1.54) is 7.11 Å². The van der Waals surface area contributed by atoms with Gasteiger partial charge < -0.3 is 4.74 Å². The Kier molecular flexibility index (Phi) is 3.39. The smallest absolute Gasteiger partial charge is 0.338 e. The SMILES string of the molecule is C=C(C)c1cc(C=O)ccc1C(=O)OC. The summed E-state index contributed by atoms with van der Waals surface area (Å²) in [6.45, 7) is 5.53. The molecule has 0 aliphatic heterocycles.